The predicted molar refractivity (Wildman–Crippen MR) is 90.3 cm³/mol. The summed E-state index contributed by atoms with van der Waals surface area (Å²) in [6.45, 7) is 4.66. The first-order chi connectivity index (χ1) is 9.45. The van der Waals surface area contributed by atoms with Gasteiger partial charge in [0.25, 0.3) is 0 Å². The molecule has 2 nitrogen and oxygen atoms in total. The van der Waals surface area contributed by atoms with E-state index in [9.17, 15) is 0 Å². The van der Waals surface area contributed by atoms with Crippen LogP contribution in [0, 0.1) is 13.8 Å². The maximum Gasteiger partial charge on any atom is 0.130 e. The second kappa shape index (κ2) is 6.37. The second-order valence-electron chi connectivity index (χ2n) is 4.79. The van der Waals surface area contributed by atoms with Gasteiger partial charge in [0.15, 0.2) is 0 Å². The first kappa shape index (κ1) is 15.0. The van der Waals surface area contributed by atoms with Crippen LogP contribution in [0.2, 0.25) is 0 Å². The van der Waals surface area contributed by atoms with Crippen molar-refractivity contribution >= 4 is 33.1 Å². The van der Waals surface area contributed by atoms with E-state index in [2.05, 4.69) is 48.0 Å². The maximum absolute atomic E-state index is 5.86. The average Bonchev–Trinajstić information content (AvgIpc) is 2.36. The van der Waals surface area contributed by atoms with Gasteiger partial charge in [-0.25, -0.2) is 0 Å². The van der Waals surface area contributed by atoms with Gasteiger partial charge in [-0.3, -0.25) is 0 Å². The van der Waals surface area contributed by atoms with E-state index in [0.29, 0.717) is 17.3 Å². The average molecular weight is 350 g/mol. The summed E-state index contributed by atoms with van der Waals surface area (Å²) in [5.74, 6) is 0.708. The van der Waals surface area contributed by atoms with Crippen molar-refractivity contribution < 1.29 is 4.74 Å². The maximum atomic E-state index is 5.86. The largest absolute Gasteiger partial charge is 0.488 e. The Labute approximate surface area is 133 Å². The Morgan fingerprint density at radius 2 is 1.80 bits per heavy atom. The third-order valence-corrected chi connectivity index (χ3v) is 3.60. The number of nitrogens with two attached hydrogens (primary N) is 1. The van der Waals surface area contributed by atoms with Gasteiger partial charge in [0.05, 0.1) is 5.56 Å². The zero-order chi connectivity index (χ0) is 14.7. The second-order valence-corrected chi connectivity index (χ2v) is 6.14. The van der Waals surface area contributed by atoms with Gasteiger partial charge in [0, 0.05) is 4.47 Å². The molecule has 0 bridgehead atoms. The molecule has 104 valence electrons. The van der Waals surface area contributed by atoms with Gasteiger partial charge in [-0.05, 0) is 37.6 Å². The van der Waals surface area contributed by atoms with Crippen molar-refractivity contribution in [3.8, 4) is 5.75 Å². The van der Waals surface area contributed by atoms with Crippen molar-refractivity contribution in [3.63, 3.8) is 0 Å². The monoisotopic (exact) mass is 349 g/mol. The highest BCUT2D eigenvalue weighted by molar-refractivity contribution is 9.10. The Hall–Kier alpha value is -1.39. The normalized spacial score (nSPS) is 10.3. The van der Waals surface area contributed by atoms with Gasteiger partial charge in [-0.15, -0.1) is 0 Å². The molecular weight excluding hydrogens is 334 g/mol. The Morgan fingerprint density at radius 1 is 1.15 bits per heavy atom. The summed E-state index contributed by atoms with van der Waals surface area (Å²) < 4.78 is 6.79. The van der Waals surface area contributed by atoms with Crippen molar-refractivity contribution in [2.45, 2.75) is 20.5 Å². The van der Waals surface area contributed by atoms with Crippen LogP contribution in [0.4, 0.5) is 0 Å². The molecule has 2 aromatic carbocycles. The molecule has 0 unspecified atom stereocenters. The number of halogens is 1. The van der Waals surface area contributed by atoms with Crippen molar-refractivity contribution in [2.24, 2.45) is 5.73 Å². The Kier molecular flexibility index (Phi) is 4.78. The molecule has 0 atom stereocenters. The Morgan fingerprint density at radius 3 is 2.40 bits per heavy atom. The molecule has 0 amide bonds. The predicted octanol–water partition coefficient (Wildman–Crippen LogP) is 4.28. The molecule has 0 aliphatic rings. The standard InChI is InChI=1S/C16H16BrNOS/c1-10-5-11(2)7-12(6-10)9-19-15-4-3-13(17)8-14(15)16(18)20/h3-8H,9H2,1-2H3,(H2,18,20). The van der Waals surface area contributed by atoms with E-state index < -0.39 is 0 Å². The zero-order valence-electron chi connectivity index (χ0n) is 11.4. The molecule has 0 saturated carbocycles. The van der Waals surface area contributed by atoms with Crippen LogP contribution in [0.25, 0.3) is 0 Å². The van der Waals surface area contributed by atoms with E-state index in [4.69, 9.17) is 22.7 Å². The van der Waals surface area contributed by atoms with Gasteiger partial charge in [-0.2, -0.15) is 0 Å². The molecule has 2 rings (SSSR count). The summed E-state index contributed by atoms with van der Waals surface area (Å²) >= 11 is 8.47. The highest BCUT2D eigenvalue weighted by Crippen LogP contribution is 2.24. The van der Waals surface area contributed by atoms with E-state index in [-0.39, 0.29) is 0 Å². The molecule has 0 heterocycles. The molecule has 20 heavy (non-hydrogen) atoms. The van der Waals surface area contributed by atoms with Crippen molar-refractivity contribution in [3.05, 3.63) is 63.1 Å². The smallest absolute Gasteiger partial charge is 0.130 e. The third kappa shape index (κ3) is 3.81. The molecule has 2 aromatic rings. The lowest BCUT2D eigenvalue weighted by molar-refractivity contribution is 0.305. The summed E-state index contributed by atoms with van der Waals surface area (Å²) in [7, 11) is 0. The minimum Gasteiger partial charge on any atom is -0.488 e. The third-order valence-electron chi connectivity index (χ3n) is 2.88. The summed E-state index contributed by atoms with van der Waals surface area (Å²) in [6.07, 6.45) is 0. The van der Waals surface area contributed by atoms with Gasteiger partial charge in [0.1, 0.15) is 17.3 Å². The van der Waals surface area contributed by atoms with Crippen LogP contribution >= 0.6 is 28.1 Å². The highest BCUT2D eigenvalue weighted by atomic mass is 79.9. The molecule has 0 radical (unpaired) electrons. The lowest BCUT2D eigenvalue weighted by Gasteiger charge is -2.12. The number of hydrogen-bond donors (Lipinski definition) is 1. The molecule has 4 heteroatoms. The van der Waals surface area contributed by atoms with E-state index in [0.717, 1.165) is 15.6 Å². The molecule has 0 aliphatic carbocycles. The van der Waals surface area contributed by atoms with Crippen molar-refractivity contribution in [1.82, 2.24) is 0 Å². The van der Waals surface area contributed by atoms with Gasteiger partial charge in [0.2, 0.25) is 0 Å². The number of aryl methyl sites for hydroxylation is 2. The van der Waals surface area contributed by atoms with Crippen LogP contribution < -0.4 is 10.5 Å². The summed E-state index contributed by atoms with van der Waals surface area (Å²) in [6, 6.07) is 12.0. The van der Waals surface area contributed by atoms with E-state index >= 15 is 0 Å². The van der Waals surface area contributed by atoms with Gasteiger partial charge < -0.3 is 10.5 Å². The lowest BCUT2D eigenvalue weighted by atomic mass is 10.1. The van der Waals surface area contributed by atoms with Crippen molar-refractivity contribution in [2.75, 3.05) is 0 Å². The fourth-order valence-electron chi connectivity index (χ4n) is 2.13. The zero-order valence-corrected chi connectivity index (χ0v) is 13.8. The topological polar surface area (TPSA) is 35.2 Å². The molecule has 0 aromatic heterocycles. The molecule has 2 N–H and O–H groups in total. The van der Waals surface area contributed by atoms with Crippen LogP contribution in [-0.4, -0.2) is 4.99 Å². The van der Waals surface area contributed by atoms with E-state index in [1.54, 1.807) is 0 Å². The number of hydrogen-bond acceptors (Lipinski definition) is 2. The summed E-state index contributed by atoms with van der Waals surface area (Å²) in [5.41, 5.74) is 10.1. The highest BCUT2D eigenvalue weighted by Gasteiger charge is 2.08. The quantitative estimate of drug-likeness (QED) is 0.836. The van der Waals surface area contributed by atoms with Gasteiger partial charge in [-0.1, -0.05) is 57.5 Å². The Bertz CT molecular complexity index is 635. The SMILES string of the molecule is Cc1cc(C)cc(COc2ccc(Br)cc2C(N)=S)c1. The number of ether oxygens (including phenoxy) is 1. The van der Waals surface area contributed by atoms with Gasteiger partial charge >= 0.3 is 0 Å². The first-order valence-electron chi connectivity index (χ1n) is 6.25. The first-order valence-corrected chi connectivity index (χ1v) is 7.45. The fourth-order valence-corrected chi connectivity index (χ4v) is 2.65. The minimum atomic E-state index is 0.335. The minimum absolute atomic E-state index is 0.335. The molecular formula is C16H16BrNOS. The summed E-state index contributed by atoms with van der Waals surface area (Å²) in [5, 5.41) is 0. The van der Waals surface area contributed by atoms with Crippen molar-refractivity contribution in [1.29, 1.82) is 0 Å². The van der Waals surface area contributed by atoms with E-state index in [1.807, 2.05) is 18.2 Å². The molecule has 0 aliphatic heterocycles. The Balaban J connectivity index is 2.20. The van der Waals surface area contributed by atoms with Crippen LogP contribution in [0.15, 0.2) is 40.9 Å². The number of thiocarbonyl (C=S) groups is 1. The van der Waals surface area contributed by atoms with Crippen LogP contribution in [0.1, 0.15) is 22.3 Å². The number of benzene rings is 2. The number of rotatable bonds is 4. The molecule has 0 spiro atoms. The van der Waals surface area contributed by atoms with Crippen LogP contribution in [0.5, 0.6) is 5.75 Å². The fraction of sp³-hybridized carbons (Fsp3) is 0.188. The lowest BCUT2D eigenvalue weighted by Crippen LogP contribution is -2.11. The summed E-state index contributed by atoms with van der Waals surface area (Å²) in [4.78, 5) is 0.335. The molecule has 0 fully saturated rings. The molecule has 0 saturated heterocycles. The van der Waals surface area contributed by atoms with Crippen LogP contribution in [0.3, 0.4) is 0 Å². The van der Waals surface area contributed by atoms with Crippen LogP contribution in [-0.2, 0) is 6.61 Å². The van der Waals surface area contributed by atoms with E-state index in [1.165, 1.54) is 11.1 Å².